The molecule has 0 amide bonds. The van der Waals surface area contributed by atoms with Gasteiger partial charge < -0.3 is 0 Å². The van der Waals surface area contributed by atoms with E-state index in [1.165, 1.54) is 12.8 Å². The number of sulfonamides is 1. The van der Waals surface area contributed by atoms with Crippen LogP contribution in [0.15, 0.2) is 27.6 Å². The van der Waals surface area contributed by atoms with Crippen molar-refractivity contribution in [2.75, 3.05) is 13.1 Å². The summed E-state index contributed by atoms with van der Waals surface area (Å²) in [5, 5.41) is 0. The Balaban J connectivity index is 2.19. The number of hydrogen-bond donors (Lipinski definition) is 0. The third-order valence-corrected chi connectivity index (χ3v) is 7.24. The van der Waals surface area contributed by atoms with E-state index in [-0.39, 0.29) is 0 Å². The summed E-state index contributed by atoms with van der Waals surface area (Å²) >= 11 is 9.17. The van der Waals surface area contributed by atoms with Crippen LogP contribution in [0, 0.1) is 5.92 Å². The van der Waals surface area contributed by atoms with E-state index in [1.54, 1.807) is 16.4 Å². The molecule has 0 aliphatic carbocycles. The van der Waals surface area contributed by atoms with E-state index in [0.29, 0.717) is 34.3 Å². The van der Waals surface area contributed by atoms with Gasteiger partial charge in [0.2, 0.25) is 10.0 Å². The molecule has 6 heteroatoms. The molecule has 1 saturated heterocycles. The van der Waals surface area contributed by atoms with Crippen molar-refractivity contribution in [3.05, 3.63) is 28.2 Å². The van der Waals surface area contributed by atoms with Crippen LogP contribution in [0.2, 0.25) is 0 Å². The van der Waals surface area contributed by atoms with Crippen molar-refractivity contribution in [1.82, 2.24) is 4.31 Å². The number of hydrogen-bond acceptors (Lipinski definition) is 2. The average Bonchev–Trinajstić information content (AvgIpc) is 2.48. The topological polar surface area (TPSA) is 37.4 Å². The fourth-order valence-corrected chi connectivity index (χ4v) is 5.43. The third kappa shape index (κ3) is 4.01. The minimum absolute atomic E-state index is 0.314. The molecule has 0 N–H and O–H groups in total. The van der Waals surface area contributed by atoms with Gasteiger partial charge >= 0.3 is 0 Å². The average molecular weight is 395 g/mol. The molecule has 21 heavy (non-hydrogen) atoms. The van der Waals surface area contributed by atoms with Gasteiger partial charge in [-0.1, -0.05) is 25.8 Å². The zero-order valence-corrected chi connectivity index (χ0v) is 15.3. The fraction of sp³-hybridized carbons (Fsp3) is 0.600. The van der Waals surface area contributed by atoms with Gasteiger partial charge in [0.1, 0.15) is 0 Å². The first kappa shape index (κ1) is 17.3. The SMILES string of the molecule is CCCC1CCN(S(=O)(=O)c2cc(CCl)ccc2Br)CC1. The third-order valence-electron chi connectivity index (χ3n) is 4.04. The Bertz CT molecular complexity index is 583. The van der Waals surface area contributed by atoms with E-state index in [4.69, 9.17) is 11.6 Å². The molecule has 0 saturated carbocycles. The highest BCUT2D eigenvalue weighted by molar-refractivity contribution is 9.10. The van der Waals surface area contributed by atoms with Crippen molar-refractivity contribution < 1.29 is 8.42 Å². The number of alkyl halides is 1. The van der Waals surface area contributed by atoms with Gasteiger partial charge in [-0.2, -0.15) is 4.31 Å². The summed E-state index contributed by atoms with van der Waals surface area (Å²) in [6, 6.07) is 5.27. The minimum Gasteiger partial charge on any atom is -0.207 e. The van der Waals surface area contributed by atoms with E-state index < -0.39 is 10.0 Å². The second-order valence-corrected chi connectivity index (χ2v) is 8.56. The molecular formula is C15H21BrClNO2S. The van der Waals surface area contributed by atoms with Gasteiger partial charge in [-0.15, -0.1) is 11.6 Å². The van der Waals surface area contributed by atoms with Crippen LogP contribution in [0.25, 0.3) is 0 Å². The Kier molecular flexibility index (Phi) is 6.12. The lowest BCUT2D eigenvalue weighted by atomic mass is 9.94. The Labute approximate surface area is 140 Å². The Morgan fingerprint density at radius 2 is 2.00 bits per heavy atom. The highest BCUT2D eigenvalue weighted by atomic mass is 79.9. The molecule has 0 atom stereocenters. The van der Waals surface area contributed by atoms with Gasteiger partial charge in [0.05, 0.1) is 4.90 Å². The maximum Gasteiger partial charge on any atom is 0.244 e. The molecule has 0 aromatic heterocycles. The monoisotopic (exact) mass is 393 g/mol. The molecule has 0 bridgehead atoms. The van der Waals surface area contributed by atoms with Gasteiger partial charge in [-0.25, -0.2) is 8.42 Å². The molecule has 0 spiro atoms. The summed E-state index contributed by atoms with van der Waals surface area (Å²) in [6.45, 7) is 3.41. The summed E-state index contributed by atoms with van der Waals surface area (Å²) < 4.78 is 27.8. The van der Waals surface area contributed by atoms with Crippen molar-refractivity contribution in [3.63, 3.8) is 0 Å². The first-order chi connectivity index (χ1) is 9.98. The molecule has 118 valence electrons. The molecule has 0 radical (unpaired) electrons. The van der Waals surface area contributed by atoms with Crippen molar-refractivity contribution in [2.24, 2.45) is 5.92 Å². The second-order valence-electron chi connectivity index (χ2n) is 5.53. The van der Waals surface area contributed by atoms with E-state index in [2.05, 4.69) is 22.9 Å². The maximum absolute atomic E-state index is 12.8. The van der Waals surface area contributed by atoms with Gasteiger partial charge in [-0.05, 0) is 52.4 Å². The smallest absolute Gasteiger partial charge is 0.207 e. The van der Waals surface area contributed by atoms with Gasteiger partial charge in [-0.3, -0.25) is 0 Å². The number of benzene rings is 1. The summed E-state index contributed by atoms with van der Waals surface area (Å²) in [5.41, 5.74) is 0.819. The molecule has 1 aromatic carbocycles. The van der Waals surface area contributed by atoms with Crippen LogP contribution in [0.3, 0.4) is 0 Å². The van der Waals surface area contributed by atoms with E-state index in [1.807, 2.05) is 6.07 Å². The lowest BCUT2D eigenvalue weighted by molar-refractivity contribution is 0.262. The Morgan fingerprint density at radius 3 is 2.57 bits per heavy atom. The van der Waals surface area contributed by atoms with Crippen LogP contribution < -0.4 is 0 Å². The van der Waals surface area contributed by atoms with Crippen molar-refractivity contribution in [3.8, 4) is 0 Å². The Morgan fingerprint density at radius 1 is 1.33 bits per heavy atom. The standard InChI is InChI=1S/C15H21BrClNO2S/c1-2-3-12-6-8-18(9-7-12)21(19,20)15-10-13(11-17)4-5-14(15)16/h4-5,10,12H,2-3,6-9,11H2,1H3. The molecular weight excluding hydrogens is 374 g/mol. The Hall–Kier alpha value is -0.100. The molecule has 3 nitrogen and oxygen atoms in total. The van der Waals surface area contributed by atoms with Gasteiger partial charge in [0.15, 0.2) is 0 Å². The highest BCUT2D eigenvalue weighted by Crippen LogP contribution is 2.30. The number of nitrogens with zero attached hydrogens (tertiary/aromatic N) is 1. The zero-order chi connectivity index (χ0) is 15.5. The van der Waals surface area contributed by atoms with Crippen molar-refractivity contribution in [1.29, 1.82) is 0 Å². The minimum atomic E-state index is -3.44. The fourth-order valence-electron chi connectivity index (χ4n) is 2.81. The molecule has 1 fully saturated rings. The number of rotatable bonds is 5. The quantitative estimate of drug-likeness (QED) is 0.695. The molecule has 1 aliphatic heterocycles. The van der Waals surface area contributed by atoms with Crippen LogP contribution in [0.1, 0.15) is 38.2 Å². The maximum atomic E-state index is 12.8. The summed E-state index contributed by atoms with van der Waals surface area (Å²) in [4.78, 5) is 0.328. The van der Waals surface area contributed by atoms with E-state index >= 15 is 0 Å². The normalized spacial score (nSPS) is 18.0. The largest absolute Gasteiger partial charge is 0.244 e. The summed E-state index contributed by atoms with van der Waals surface area (Å²) in [6.07, 6.45) is 4.28. The van der Waals surface area contributed by atoms with Gasteiger partial charge in [0.25, 0.3) is 0 Å². The van der Waals surface area contributed by atoms with Crippen molar-refractivity contribution in [2.45, 2.75) is 43.4 Å². The first-order valence-corrected chi connectivity index (χ1v) is 10.1. The van der Waals surface area contributed by atoms with Crippen molar-refractivity contribution >= 4 is 37.6 Å². The summed E-state index contributed by atoms with van der Waals surface area (Å²) in [5.74, 6) is 0.980. The zero-order valence-electron chi connectivity index (χ0n) is 12.2. The van der Waals surface area contributed by atoms with E-state index in [0.717, 1.165) is 18.4 Å². The number of halogens is 2. The highest BCUT2D eigenvalue weighted by Gasteiger charge is 2.30. The molecule has 1 heterocycles. The predicted octanol–water partition coefficient (Wildman–Crippen LogP) is 4.39. The van der Waals surface area contributed by atoms with Crippen LogP contribution in [0.4, 0.5) is 0 Å². The molecule has 0 unspecified atom stereocenters. The lowest BCUT2D eigenvalue weighted by Gasteiger charge is -2.31. The van der Waals surface area contributed by atoms with Crippen LogP contribution >= 0.6 is 27.5 Å². The van der Waals surface area contributed by atoms with Crippen LogP contribution in [-0.4, -0.2) is 25.8 Å². The van der Waals surface area contributed by atoms with Crippen LogP contribution in [0.5, 0.6) is 0 Å². The lowest BCUT2D eigenvalue weighted by Crippen LogP contribution is -2.38. The summed E-state index contributed by atoms with van der Waals surface area (Å²) in [7, 11) is -3.44. The molecule has 2 rings (SSSR count). The van der Waals surface area contributed by atoms with Gasteiger partial charge in [0, 0.05) is 23.4 Å². The first-order valence-electron chi connectivity index (χ1n) is 7.33. The molecule has 1 aliphatic rings. The molecule has 1 aromatic rings. The van der Waals surface area contributed by atoms with Crippen LogP contribution in [-0.2, 0) is 15.9 Å². The predicted molar refractivity (Wildman–Crippen MR) is 90.1 cm³/mol. The second kappa shape index (κ2) is 7.44. The van der Waals surface area contributed by atoms with E-state index in [9.17, 15) is 8.42 Å². The number of piperidine rings is 1.